The Labute approximate surface area is 120 Å². The van der Waals surface area contributed by atoms with Gasteiger partial charge in [-0.2, -0.15) is 0 Å². The second-order valence-electron chi connectivity index (χ2n) is 5.63. The van der Waals surface area contributed by atoms with E-state index in [9.17, 15) is 0 Å². The van der Waals surface area contributed by atoms with Crippen LogP contribution in [0.25, 0.3) is 0 Å². The number of hydrogen-bond acceptors (Lipinski definition) is 2. The van der Waals surface area contributed by atoms with Gasteiger partial charge in [0.25, 0.3) is 0 Å². The van der Waals surface area contributed by atoms with Gasteiger partial charge in [0, 0.05) is 31.0 Å². The van der Waals surface area contributed by atoms with Gasteiger partial charge in [-0.15, -0.1) is 0 Å². The highest BCUT2D eigenvalue weighted by Crippen LogP contribution is 2.23. The fourth-order valence-corrected chi connectivity index (χ4v) is 2.08. The highest BCUT2D eigenvalue weighted by molar-refractivity contribution is 5.12. The molecule has 0 aromatic heterocycles. The highest BCUT2D eigenvalue weighted by atomic mass is 15.1. The molecule has 0 fully saturated rings. The summed E-state index contributed by atoms with van der Waals surface area (Å²) in [4.78, 5) is 2.29. The largest absolute Gasteiger partial charge is 0.389 e. The lowest BCUT2D eigenvalue weighted by atomic mass is 9.92. The van der Waals surface area contributed by atoms with Crippen LogP contribution in [-0.2, 0) is 0 Å². The minimum atomic E-state index is 0.388. The van der Waals surface area contributed by atoms with Crippen LogP contribution in [0, 0.1) is 5.92 Å². The first-order valence-electron chi connectivity index (χ1n) is 7.29. The summed E-state index contributed by atoms with van der Waals surface area (Å²) >= 11 is 0. The van der Waals surface area contributed by atoms with Crippen molar-refractivity contribution < 1.29 is 0 Å². The summed E-state index contributed by atoms with van der Waals surface area (Å²) in [5, 5.41) is 3.29. The lowest BCUT2D eigenvalue weighted by molar-refractivity contribution is 0.298. The molecule has 0 aromatic rings. The van der Waals surface area contributed by atoms with Gasteiger partial charge in [-0.3, -0.25) is 0 Å². The van der Waals surface area contributed by atoms with E-state index in [0.717, 1.165) is 31.5 Å². The molecule has 0 aliphatic rings. The first-order valence-corrected chi connectivity index (χ1v) is 7.29. The van der Waals surface area contributed by atoms with Gasteiger partial charge in [0.05, 0.1) is 0 Å². The average Bonchev–Trinajstić information content (AvgIpc) is 2.35. The zero-order valence-electron chi connectivity index (χ0n) is 13.6. The van der Waals surface area contributed by atoms with Crippen molar-refractivity contribution in [3.8, 4) is 0 Å². The van der Waals surface area contributed by atoms with Crippen molar-refractivity contribution in [3.63, 3.8) is 0 Å². The third kappa shape index (κ3) is 6.51. The standard InChI is InChI=1S/C17H32N2/c1-9-15(6)19(8)17(16(7)13(2)3)11-10-12-18-14(4)5/h13,17-18H,4,6-7,9-12H2,1-3,5,8H3. The van der Waals surface area contributed by atoms with Crippen LogP contribution in [0.15, 0.2) is 36.7 Å². The maximum Gasteiger partial charge on any atom is 0.0496 e. The van der Waals surface area contributed by atoms with Gasteiger partial charge in [-0.1, -0.05) is 46.1 Å². The van der Waals surface area contributed by atoms with Crippen LogP contribution < -0.4 is 5.32 Å². The van der Waals surface area contributed by atoms with E-state index >= 15 is 0 Å². The SMILES string of the molecule is C=C(C)NCCCC(C(=C)C(C)C)N(C)C(=C)CC. The van der Waals surface area contributed by atoms with Gasteiger partial charge in [0.1, 0.15) is 0 Å². The molecule has 1 N–H and O–H groups in total. The van der Waals surface area contributed by atoms with Crippen molar-refractivity contribution in [2.45, 2.75) is 53.0 Å². The van der Waals surface area contributed by atoms with Crippen LogP contribution in [0.3, 0.4) is 0 Å². The molecule has 2 nitrogen and oxygen atoms in total. The quantitative estimate of drug-likeness (QED) is 0.467. The number of nitrogens with zero attached hydrogens (tertiary/aromatic N) is 1. The molecule has 19 heavy (non-hydrogen) atoms. The fourth-order valence-electron chi connectivity index (χ4n) is 2.08. The number of likely N-dealkylation sites (N-methyl/N-ethyl adjacent to an activating group) is 1. The second-order valence-corrected chi connectivity index (χ2v) is 5.63. The highest BCUT2D eigenvalue weighted by Gasteiger charge is 2.20. The van der Waals surface area contributed by atoms with Crippen molar-refractivity contribution in [2.24, 2.45) is 5.92 Å². The van der Waals surface area contributed by atoms with Gasteiger partial charge in [0.15, 0.2) is 0 Å². The van der Waals surface area contributed by atoms with Crippen LogP contribution in [-0.4, -0.2) is 24.5 Å². The first kappa shape index (κ1) is 17.8. The summed E-state index contributed by atoms with van der Waals surface area (Å²) in [7, 11) is 2.14. The Morgan fingerprint density at radius 1 is 1.21 bits per heavy atom. The molecule has 2 heteroatoms. The Hall–Kier alpha value is -1.18. The molecule has 0 saturated heterocycles. The lowest BCUT2D eigenvalue weighted by Gasteiger charge is -2.34. The Morgan fingerprint density at radius 2 is 1.79 bits per heavy atom. The van der Waals surface area contributed by atoms with Crippen molar-refractivity contribution >= 4 is 0 Å². The molecule has 0 aliphatic carbocycles. The zero-order chi connectivity index (χ0) is 15.0. The Bertz CT molecular complexity index is 315. The van der Waals surface area contributed by atoms with E-state index in [-0.39, 0.29) is 0 Å². The molecule has 0 saturated carbocycles. The van der Waals surface area contributed by atoms with Crippen LogP contribution in [0.1, 0.15) is 47.0 Å². The van der Waals surface area contributed by atoms with Crippen molar-refractivity contribution in [1.29, 1.82) is 0 Å². The molecule has 0 radical (unpaired) electrons. The summed E-state index contributed by atoms with van der Waals surface area (Å²) in [6, 6.07) is 0.388. The Morgan fingerprint density at radius 3 is 2.21 bits per heavy atom. The van der Waals surface area contributed by atoms with Gasteiger partial charge in [-0.05, 0) is 32.1 Å². The topological polar surface area (TPSA) is 15.3 Å². The summed E-state index contributed by atoms with van der Waals surface area (Å²) in [5.41, 5.74) is 3.51. The smallest absolute Gasteiger partial charge is 0.0496 e. The van der Waals surface area contributed by atoms with E-state index in [1.165, 1.54) is 11.3 Å². The number of rotatable bonds is 10. The van der Waals surface area contributed by atoms with Crippen LogP contribution >= 0.6 is 0 Å². The molecule has 0 spiro atoms. The summed E-state index contributed by atoms with van der Waals surface area (Å²) < 4.78 is 0. The zero-order valence-corrected chi connectivity index (χ0v) is 13.6. The van der Waals surface area contributed by atoms with Crippen molar-refractivity contribution in [3.05, 3.63) is 36.7 Å². The van der Waals surface area contributed by atoms with Gasteiger partial charge >= 0.3 is 0 Å². The Balaban J connectivity index is 4.55. The third-order valence-electron chi connectivity index (χ3n) is 3.63. The van der Waals surface area contributed by atoms with Gasteiger partial charge in [-0.25, -0.2) is 0 Å². The predicted octanol–water partition coefficient (Wildman–Crippen LogP) is 4.33. The maximum atomic E-state index is 4.29. The van der Waals surface area contributed by atoms with Crippen LogP contribution in [0.4, 0.5) is 0 Å². The molecular weight excluding hydrogens is 232 g/mol. The first-order chi connectivity index (χ1) is 8.81. The monoisotopic (exact) mass is 264 g/mol. The molecule has 0 amide bonds. The van der Waals surface area contributed by atoms with E-state index in [4.69, 9.17) is 0 Å². The van der Waals surface area contributed by atoms with Gasteiger partial charge in [0.2, 0.25) is 0 Å². The average molecular weight is 264 g/mol. The second kappa shape index (κ2) is 8.84. The summed E-state index contributed by atoms with van der Waals surface area (Å²) in [6.07, 6.45) is 3.21. The molecular formula is C17H32N2. The van der Waals surface area contributed by atoms with Crippen LogP contribution in [0.5, 0.6) is 0 Å². The van der Waals surface area contributed by atoms with E-state index < -0.39 is 0 Å². The minimum Gasteiger partial charge on any atom is -0.389 e. The molecule has 0 bridgehead atoms. The normalized spacial score (nSPS) is 12.1. The van der Waals surface area contributed by atoms with E-state index in [1.807, 2.05) is 6.92 Å². The van der Waals surface area contributed by atoms with Crippen molar-refractivity contribution in [2.75, 3.05) is 13.6 Å². The molecule has 1 atom stereocenters. The molecule has 0 aliphatic heterocycles. The van der Waals surface area contributed by atoms with E-state index in [1.54, 1.807) is 0 Å². The molecule has 110 valence electrons. The minimum absolute atomic E-state index is 0.388. The van der Waals surface area contributed by atoms with Gasteiger partial charge < -0.3 is 10.2 Å². The predicted molar refractivity (Wildman–Crippen MR) is 87.0 cm³/mol. The molecule has 0 rings (SSSR count). The molecule has 0 heterocycles. The van der Waals surface area contributed by atoms with E-state index in [2.05, 4.69) is 57.8 Å². The number of allylic oxidation sites excluding steroid dienone is 2. The molecule has 0 aromatic carbocycles. The summed E-state index contributed by atoms with van der Waals surface area (Å²) in [5.74, 6) is 0.506. The lowest BCUT2D eigenvalue weighted by Crippen LogP contribution is -2.34. The number of nitrogens with one attached hydrogen (secondary N) is 1. The maximum absolute atomic E-state index is 4.29. The summed E-state index contributed by atoms with van der Waals surface area (Å²) in [6.45, 7) is 21.8. The van der Waals surface area contributed by atoms with Crippen LogP contribution in [0.2, 0.25) is 0 Å². The van der Waals surface area contributed by atoms with E-state index in [0.29, 0.717) is 12.0 Å². The van der Waals surface area contributed by atoms with Crippen molar-refractivity contribution in [1.82, 2.24) is 10.2 Å². The Kier molecular flexibility index (Phi) is 8.29. The fraction of sp³-hybridized carbons (Fsp3) is 0.647. The molecule has 1 unspecified atom stereocenters. The third-order valence-corrected chi connectivity index (χ3v) is 3.63. The number of hydrogen-bond donors (Lipinski definition) is 1.